The van der Waals surface area contributed by atoms with Crippen molar-refractivity contribution in [2.24, 2.45) is 0 Å². The minimum Gasteiger partial charge on any atom is -0.264 e. The van der Waals surface area contributed by atoms with E-state index in [1.54, 1.807) is 0 Å². The summed E-state index contributed by atoms with van der Waals surface area (Å²) in [6, 6.07) is 2.13. The fourth-order valence-electron chi connectivity index (χ4n) is 1.67. The van der Waals surface area contributed by atoms with Crippen LogP contribution in [-0.2, 0) is 12.8 Å². The Labute approximate surface area is 87.6 Å². The molecule has 1 rings (SSSR count). The van der Waals surface area contributed by atoms with Crippen molar-refractivity contribution >= 4 is 0 Å². The van der Waals surface area contributed by atoms with Crippen molar-refractivity contribution in [1.29, 1.82) is 0 Å². The Hall–Kier alpha value is -0.850. The van der Waals surface area contributed by atoms with Gasteiger partial charge in [-0.2, -0.15) is 0 Å². The van der Waals surface area contributed by atoms with E-state index in [9.17, 15) is 0 Å². The maximum Gasteiger partial charge on any atom is 0.0302 e. The summed E-state index contributed by atoms with van der Waals surface area (Å²) in [6.45, 7) is 6.16. The van der Waals surface area contributed by atoms with Gasteiger partial charge in [-0.3, -0.25) is 4.98 Å². The average Bonchev–Trinajstić information content (AvgIpc) is 2.25. The van der Waals surface area contributed by atoms with Gasteiger partial charge in [0.05, 0.1) is 0 Å². The highest BCUT2D eigenvalue weighted by Crippen LogP contribution is 2.12. The molecule has 77 valence electrons. The maximum atomic E-state index is 4.12. The molecule has 0 spiro atoms. The van der Waals surface area contributed by atoms with Gasteiger partial charge in [0.15, 0.2) is 0 Å². The lowest BCUT2D eigenvalue weighted by Crippen LogP contribution is -1.94. The zero-order valence-corrected chi connectivity index (χ0v) is 9.13. The van der Waals surface area contributed by atoms with Gasteiger partial charge in [-0.05, 0) is 43.4 Å². The first-order valence-corrected chi connectivity index (χ1v) is 5.59. The van der Waals surface area contributed by atoms with Crippen molar-refractivity contribution in [3.63, 3.8) is 0 Å². The zero-order chi connectivity index (χ0) is 10.2. The normalized spacial score (nSPS) is 10.4. The number of pyridine rings is 1. The number of aromatic nitrogens is 1. The van der Waals surface area contributed by atoms with Gasteiger partial charge in [-0.15, -0.1) is 0 Å². The molecule has 0 atom stereocenters. The molecule has 0 amide bonds. The summed E-state index contributed by atoms with van der Waals surface area (Å²) >= 11 is 0. The predicted octanol–water partition coefficient (Wildman–Crippen LogP) is 3.58. The number of nitrogens with zero attached hydrogens (tertiary/aromatic N) is 1. The molecule has 1 aromatic heterocycles. The van der Waals surface area contributed by atoms with Crippen molar-refractivity contribution in [1.82, 2.24) is 4.98 Å². The molecule has 0 aliphatic rings. The molecule has 0 saturated heterocycles. The Morgan fingerprint density at radius 2 is 2.07 bits per heavy atom. The lowest BCUT2D eigenvalue weighted by molar-refractivity contribution is 0.664. The molecular weight excluding hydrogens is 170 g/mol. The lowest BCUT2D eigenvalue weighted by Gasteiger charge is -2.06. The van der Waals surface area contributed by atoms with Gasteiger partial charge in [0.25, 0.3) is 0 Å². The fourth-order valence-corrected chi connectivity index (χ4v) is 1.67. The highest BCUT2D eigenvalue weighted by Gasteiger charge is 1.99. The van der Waals surface area contributed by atoms with Crippen molar-refractivity contribution in [2.45, 2.75) is 45.4 Å². The monoisotopic (exact) mass is 190 g/mol. The highest BCUT2D eigenvalue weighted by atomic mass is 14.6. The van der Waals surface area contributed by atoms with Crippen molar-refractivity contribution in [3.8, 4) is 0 Å². The quantitative estimate of drug-likeness (QED) is 0.625. The standard InChI is InChI=1S/C13H20N/c1-3-5-6-7-8-13-9-10-14-11-12(13)4-2/h9-11H,2-8H2,1H3. The summed E-state index contributed by atoms with van der Waals surface area (Å²) in [5.41, 5.74) is 2.75. The third-order valence-electron chi connectivity index (χ3n) is 2.57. The molecule has 1 nitrogen and oxygen atoms in total. The molecule has 0 aliphatic heterocycles. The zero-order valence-electron chi connectivity index (χ0n) is 9.13. The summed E-state index contributed by atoms with van der Waals surface area (Å²) in [6.07, 6.45) is 11.2. The van der Waals surface area contributed by atoms with Gasteiger partial charge in [0.1, 0.15) is 0 Å². The maximum absolute atomic E-state index is 4.12. The highest BCUT2D eigenvalue weighted by molar-refractivity contribution is 5.23. The van der Waals surface area contributed by atoms with Crippen molar-refractivity contribution in [3.05, 3.63) is 36.5 Å². The van der Waals surface area contributed by atoms with Gasteiger partial charge in [-0.25, -0.2) is 0 Å². The van der Waals surface area contributed by atoms with E-state index in [4.69, 9.17) is 0 Å². The molecule has 0 aromatic carbocycles. The van der Waals surface area contributed by atoms with E-state index in [1.807, 2.05) is 12.4 Å². The first kappa shape index (κ1) is 11.2. The van der Waals surface area contributed by atoms with Gasteiger partial charge >= 0.3 is 0 Å². The van der Waals surface area contributed by atoms with Crippen LogP contribution < -0.4 is 0 Å². The fraction of sp³-hybridized carbons (Fsp3) is 0.538. The number of rotatable bonds is 6. The molecule has 1 heteroatoms. The minimum atomic E-state index is 0.858. The predicted molar refractivity (Wildman–Crippen MR) is 61.1 cm³/mol. The second-order valence-corrected chi connectivity index (χ2v) is 3.71. The Morgan fingerprint density at radius 3 is 2.79 bits per heavy atom. The molecule has 0 unspecified atom stereocenters. The average molecular weight is 190 g/mol. The van der Waals surface area contributed by atoms with Gasteiger partial charge in [-0.1, -0.05) is 26.2 Å². The van der Waals surface area contributed by atoms with Gasteiger partial charge in [0, 0.05) is 12.4 Å². The number of hydrogen-bond donors (Lipinski definition) is 0. The van der Waals surface area contributed by atoms with Crippen LogP contribution in [0.2, 0.25) is 0 Å². The summed E-state index contributed by atoms with van der Waals surface area (Å²) < 4.78 is 0. The van der Waals surface area contributed by atoms with Crippen LogP contribution in [0.3, 0.4) is 0 Å². The minimum absolute atomic E-state index is 0.858. The number of hydrogen-bond acceptors (Lipinski definition) is 1. The van der Waals surface area contributed by atoms with Crippen LogP contribution in [0.4, 0.5) is 0 Å². The van der Waals surface area contributed by atoms with Crippen molar-refractivity contribution in [2.75, 3.05) is 0 Å². The Kier molecular flexibility index (Phi) is 5.28. The number of aryl methyl sites for hydroxylation is 1. The SMILES string of the molecule is [CH2]Cc1cnccc1CCCCCC. The molecule has 0 aliphatic carbocycles. The van der Waals surface area contributed by atoms with Crippen LogP contribution >= 0.6 is 0 Å². The molecule has 0 fully saturated rings. The largest absolute Gasteiger partial charge is 0.264 e. The Morgan fingerprint density at radius 1 is 1.21 bits per heavy atom. The van der Waals surface area contributed by atoms with Crippen LogP contribution in [0.25, 0.3) is 0 Å². The van der Waals surface area contributed by atoms with Crippen LogP contribution in [0.15, 0.2) is 18.5 Å². The first-order valence-electron chi connectivity index (χ1n) is 5.59. The van der Waals surface area contributed by atoms with Crippen molar-refractivity contribution < 1.29 is 0 Å². The Bertz CT molecular complexity index is 255. The lowest BCUT2D eigenvalue weighted by atomic mass is 10.0. The second kappa shape index (κ2) is 6.58. The smallest absolute Gasteiger partial charge is 0.0302 e. The third kappa shape index (κ3) is 3.49. The topological polar surface area (TPSA) is 12.9 Å². The van der Waals surface area contributed by atoms with Crippen LogP contribution in [0.5, 0.6) is 0 Å². The summed E-state index contributed by atoms with van der Waals surface area (Å²) in [5, 5.41) is 0. The molecular formula is C13H20N. The molecule has 1 radical (unpaired) electrons. The third-order valence-corrected chi connectivity index (χ3v) is 2.57. The van der Waals surface area contributed by atoms with Crippen LogP contribution in [-0.4, -0.2) is 4.98 Å². The molecule has 0 N–H and O–H groups in total. The van der Waals surface area contributed by atoms with E-state index < -0.39 is 0 Å². The van der Waals surface area contributed by atoms with E-state index in [-0.39, 0.29) is 0 Å². The van der Waals surface area contributed by atoms with E-state index in [2.05, 4.69) is 24.9 Å². The number of unbranched alkanes of at least 4 members (excludes halogenated alkanes) is 3. The summed E-state index contributed by atoms with van der Waals surface area (Å²) in [7, 11) is 0. The van der Waals surface area contributed by atoms with Crippen LogP contribution in [0, 0.1) is 6.92 Å². The molecule has 1 aromatic rings. The van der Waals surface area contributed by atoms with Gasteiger partial charge < -0.3 is 0 Å². The molecule has 0 saturated carbocycles. The van der Waals surface area contributed by atoms with E-state index in [0.717, 1.165) is 6.42 Å². The van der Waals surface area contributed by atoms with Gasteiger partial charge in [0.2, 0.25) is 0 Å². The van der Waals surface area contributed by atoms with E-state index in [0.29, 0.717) is 0 Å². The van der Waals surface area contributed by atoms with Crippen LogP contribution in [0.1, 0.15) is 43.7 Å². The molecule has 14 heavy (non-hydrogen) atoms. The second-order valence-electron chi connectivity index (χ2n) is 3.71. The van der Waals surface area contributed by atoms with E-state index in [1.165, 1.54) is 43.2 Å². The molecule has 0 bridgehead atoms. The summed E-state index contributed by atoms with van der Waals surface area (Å²) in [4.78, 5) is 4.12. The molecule has 1 heterocycles. The first-order chi connectivity index (χ1) is 6.88. The Balaban J connectivity index is 2.41. The summed E-state index contributed by atoms with van der Waals surface area (Å²) in [5.74, 6) is 0. The van der Waals surface area contributed by atoms with E-state index >= 15 is 0 Å².